The maximum Gasteiger partial charge on any atom is 0.234 e. The Bertz CT molecular complexity index is 1160. The Morgan fingerprint density at radius 2 is 1.94 bits per heavy atom. The Kier molecular flexibility index (Phi) is 8.37. The fraction of sp³-hybridized carbons (Fsp3) is 0.379. The molecular weight excluding hydrogens is 436 g/mol. The highest BCUT2D eigenvalue weighted by Crippen LogP contribution is 2.23. The normalized spacial score (nSPS) is 14.0. The minimum Gasteiger partial charge on any atom is -0.494 e. The maximum absolute atomic E-state index is 12.5. The molecule has 6 heteroatoms. The van der Waals surface area contributed by atoms with E-state index in [1.165, 1.54) is 16.7 Å². The Hall–Kier alpha value is -3.38. The van der Waals surface area contributed by atoms with Gasteiger partial charge >= 0.3 is 0 Å². The van der Waals surface area contributed by atoms with Crippen molar-refractivity contribution >= 4 is 11.5 Å². The summed E-state index contributed by atoms with van der Waals surface area (Å²) in [5, 5.41) is 7.60. The SMILES string of the molecule is CCCCOc1ccc(CNC(=O)CN2CC=C(c3cnn(-c4ccc(C)c(C)c4)c3)CC2)cc1. The van der Waals surface area contributed by atoms with E-state index in [9.17, 15) is 4.79 Å². The van der Waals surface area contributed by atoms with Crippen molar-refractivity contribution in [3.8, 4) is 11.4 Å². The molecule has 6 nitrogen and oxygen atoms in total. The molecule has 0 unspecified atom stereocenters. The van der Waals surface area contributed by atoms with Gasteiger partial charge in [-0.15, -0.1) is 0 Å². The molecule has 4 rings (SSSR count). The Balaban J connectivity index is 1.24. The van der Waals surface area contributed by atoms with Gasteiger partial charge in [0.1, 0.15) is 5.75 Å². The summed E-state index contributed by atoms with van der Waals surface area (Å²) < 4.78 is 7.63. The van der Waals surface area contributed by atoms with Crippen molar-refractivity contribution in [3.63, 3.8) is 0 Å². The van der Waals surface area contributed by atoms with Crippen LogP contribution in [0.3, 0.4) is 0 Å². The molecule has 0 spiro atoms. The molecule has 35 heavy (non-hydrogen) atoms. The van der Waals surface area contributed by atoms with Gasteiger partial charge < -0.3 is 10.1 Å². The first-order valence-electron chi connectivity index (χ1n) is 12.5. The number of carbonyl (C=O) groups is 1. The first-order chi connectivity index (χ1) is 17.0. The van der Waals surface area contributed by atoms with Gasteiger partial charge in [-0.1, -0.05) is 37.6 Å². The monoisotopic (exact) mass is 472 g/mol. The highest BCUT2D eigenvalue weighted by Gasteiger charge is 2.17. The van der Waals surface area contributed by atoms with Gasteiger partial charge in [0, 0.05) is 31.4 Å². The Morgan fingerprint density at radius 3 is 2.66 bits per heavy atom. The summed E-state index contributed by atoms with van der Waals surface area (Å²) in [5.41, 5.74) is 7.13. The number of nitrogens with zero attached hydrogens (tertiary/aromatic N) is 3. The second-order valence-electron chi connectivity index (χ2n) is 9.28. The Labute approximate surface area is 208 Å². The van der Waals surface area contributed by atoms with Gasteiger partial charge in [0.25, 0.3) is 0 Å². The highest BCUT2D eigenvalue weighted by molar-refractivity contribution is 5.78. The molecular formula is C29H36N4O2. The van der Waals surface area contributed by atoms with E-state index in [2.05, 4.69) is 66.6 Å². The number of aryl methyl sites for hydroxylation is 2. The van der Waals surface area contributed by atoms with Crippen LogP contribution in [0.1, 0.15) is 48.4 Å². The summed E-state index contributed by atoms with van der Waals surface area (Å²) in [6, 6.07) is 14.4. The van der Waals surface area contributed by atoms with Crippen LogP contribution in [0.4, 0.5) is 0 Å². The zero-order valence-corrected chi connectivity index (χ0v) is 21.1. The summed E-state index contributed by atoms with van der Waals surface area (Å²) >= 11 is 0. The number of aromatic nitrogens is 2. The zero-order valence-electron chi connectivity index (χ0n) is 21.1. The van der Waals surface area contributed by atoms with Crippen molar-refractivity contribution in [3.05, 3.63) is 83.2 Å². The fourth-order valence-corrected chi connectivity index (χ4v) is 4.11. The van der Waals surface area contributed by atoms with Crippen molar-refractivity contribution in [1.29, 1.82) is 0 Å². The molecule has 2 heterocycles. The molecule has 184 valence electrons. The number of amides is 1. The second kappa shape index (κ2) is 11.8. The number of rotatable bonds is 10. The van der Waals surface area contributed by atoms with Crippen molar-refractivity contribution in [2.24, 2.45) is 0 Å². The van der Waals surface area contributed by atoms with Crippen LogP contribution in [0.15, 0.2) is 60.9 Å². The minimum absolute atomic E-state index is 0.0488. The van der Waals surface area contributed by atoms with Crippen LogP contribution in [0.25, 0.3) is 11.3 Å². The average Bonchev–Trinajstić information content (AvgIpc) is 3.36. The van der Waals surface area contributed by atoms with E-state index < -0.39 is 0 Å². The quantitative estimate of drug-likeness (QED) is 0.419. The molecule has 1 amide bonds. The van der Waals surface area contributed by atoms with Crippen molar-refractivity contribution in [2.75, 3.05) is 26.2 Å². The van der Waals surface area contributed by atoms with Crippen LogP contribution in [-0.2, 0) is 11.3 Å². The van der Waals surface area contributed by atoms with E-state index in [0.717, 1.165) is 61.5 Å². The molecule has 1 N–H and O–H groups in total. The van der Waals surface area contributed by atoms with Gasteiger partial charge in [-0.2, -0.15) is 5.10 Å². The highest BCUT2D eigenvalue weighted by atomic mass is 16.5. The number of carbonyl (C=O) groups excluding carboxylic acids is 1. The largest absolute Gasteiger partial charge is 0.494 e. The van der Waals surface area contributed by atoms with E-state index in [-0.39, 0.29) is 5.91 Å². The molecule has 0 saturated heterocycles. The number of unbranched alkanes of at least 4 members (excludes halogenated alkanes) is 1. The third-order valence-electron chi connectivity index (χ3n) is 6.55. The van der Waals surface area contributed by atoms with Gasteiger partial charge in [-0.05, 0) is 73.2 Å². The average molecular weight is 473 g/mol. The third kappa shape index (κ3) is 6.83. The second-order valence-corrected chi connectivity index (χ2v) is 9.28. The van der Waals surface area contributed by atoms with Crippen molar-refractivity contribution < 1.29 is 9.53 Å². The minimum atomic E-state index is 0.0488. The standard InChI is InChI=1S/C29H36N4O2/c1-4-5-16-35-28-10-7-24(8-11-28)18-30-29(34)21-32-14-12-25(13-15-32)26-19-31-33(20-26)27-9-6-22(2)23(3)17-27/h6-12,17,19-20H,4-5,13-16,18,21H2,1-3H3,(H,30,34). The summed E-state index contributed by atoms with van der Waals surface area (Å²) in [5.74, 6) is 0.927. The third-order valence-corrected chi connectivity index (χ3v) is 6.55. The van der Waals surface area contributed by atoms with Crippen LogP contribution in [0.5, 0.6) is 5.75 Å². The van der Waals surface area contributed by atoms with Crippen LogP contribution in [0, 0.1) is 13.8 Å². The lowest BCUT2D eigenvalue weighted by molar-refractivity contribution is -0.122. The number of nitrogens with one attached hydrogen (secondary N) is 1. The summed E-state index contributed by atoms with van der Waals surface area (Å²) in [4.78, 5) is 14.7. The first kappa shape index (κ1) is 24.7. The molecule has 0 saturated carbocycles. The summed E-state index contributed by atoms with van der Waals surface area (Å²) in [6.07, 6.45) is 9.33. The summed E-state index contributed by atoms with van der Waals surface area (Å²) in [6.45, 7) is 9.69. The fourth-order valence-electron chi connectivity index (χ4n) is 4.11. The van der Waals surface area contributed by atoms with Crippen molar-refractivity contribution in [2.45, 2.75) is 46.6 Å². The predicted molar refractivity (Wildman–Crippen MR) is 141 cm³/mol. The molecule has 2 aromatic carbocycles. The van der Waals surface area contributed by atoms with Crippen LogP contribution in [0.2, 0.25) is 0 Å². The molecule has 1 aliphatic rings. The summed E-state index contributed by atoms with van der Waals surface area (Å²) in [7, 11) is 0. The zero-order chi connectivity index (χ0) is 24.6. The smallest absolute Gasteiger partial charge is 0.234 e. The molecule has 0 bridgehead atoms. The van der Waals surface area contributed by atoms with Gasteiger partial charge in [-0.25, -0.2) is 4.68 Å². The molecule has 3 aromatic rings. The van der Waals surface area contributed by atoms with E-state index in [1.54, 1.807) is 0 Å². The van der Waals surface area contributed by atoms with E-state index in [0.29, 0.717) is 13.1 Å². The lowest BCUT2D eigenvalue weighted by Gasteiger charge is -2.25. The van der Waals surface area contributed by atoms with Gasteiger partial charge in [0.05, 0.1) is 25.0 Å². The Morgan fingerprint density at radius 1 is 1.11 bits per heavy atom. The van der Waals surface area contributed by atoms with Crippen LogP contribution < -0.4 is 10.1 Å². The van der Waals surface area contributed by atoms with Gasteiger partial charge in [0.15, 0.2) is 0 Å². The molecule has 0 aliphatic carbocycles. The molecule has 1 aliphatic heterocycles. The topological polar surface area (TPSA) is 59.4 Å². The van der Waals surface area contributed by atoms with Gasteiger partial charge in [-0.3, -0.25) is 9.69 Å². The van der Waals surface area contributed by atoms with Crippen LogP contribution >= 0.6 is 0 Å². The van der Waals surface area contributed by atoms with E-state index in [4.69, 9.17) is 4.74 Å². The van der Waals surface area contributed by atoms with E-state index in [1.807, 2.05) is 35.1 Å². The number of benzene rings is 2. The lowest BCUT2D eigenvalue weighted by atomic mass is 10.0. The molecule has 0 fully saturated rings. The van der Waals surface area contributed by atoms with Crippen LogP contribution in [-0.4, -0.2) is 46.8 Å². The molecule has 0 atom stereocenters. The number of hydrogen-bond donors (Lipinski definition) is 1. The maximum atomic E-state index is 12.5. The van der Waals surface area contributed by atoms with Crippen molar-refractivity contribution in [1.82, 2.24) is 20.0 Å². The first-order valence-corrected chi connectivity index (χ1v) is 12.5. The number of hydrogen-bond acceptors (Lipinski definition) is 4. The predicted octanol–water partition coefficient (Wildman–Crippen LogP) is 5.07. The van der Waals surface area contributed by atoms with E-state index >= 15 is 0 Å². The van der Waals surface area contributed by atoms with Gasteiger partial charge in [0.2, 0.25) is 5.91 Å². The lowest BCUT2D eigenvalue weighted by Crippen LogP contribution is -2.39. The number of ether oxygens (including phenoxy) is 1. The molecule has 1 aromatic heterocycles. The molecule has 0 radical (unpaired) electrons.